The monoisotopic (exact) mass is 286 g/mol. The van der Waals surface area contributed by atoms with Crippen LogP contribution in [-0.2, 0) is 9.59 Å². The van der Waals surface area contributed by atoms with Crippen LogP contribution in [0.3, 0.4) is 0 Å². The van der Waals surface area contributed by atoms with Crippen molar-refractivity contribution in [1.29, 1.82) is 0 Å². The molecule has 106 valence electrons. The minimum absolute atomic E-state index is 0.151. The van der Waals surface area contributed by atoms with Crippen LogP contribution < -0.4 is 11.1 Å². The summed E-state index contributed by atoms with van der Waals surface area (Å²) >= 11 is 1.19. The number of anilines is 1. The van der Waals surface area contributed by atoms with Crippen LogP contribution >= 0.6 is 11.8 Å². The second-order valence-electron chi connectivity index (χ2n) is 4.26. The number of nitrogens with one attached hydrogen (secondary N) is 1. The zero-order valence-corrected chi connectivity index (χ0v) is 11.7. The van der Waals surface area contributed by atoms with Crippen LogP contribution in [0.4, 0.5) is 5.82 Å². The van der Waals surface area contributed by atoms with Gasteiger partial charge in [-0.2, -0.15) is 5.10 Å². The van der Waals surface area contributed by atoms with Gasteiger partial charge < -0.3 is 16.2 Å². The van der Waals surface area contributed by atoms with Crippen molar-refractivity contribution in [3.63, 3.8) is 0 Å². The number of thioether (sulfide) groups is 1. The van der Waals surface area contributed by atoms with Crippen molar-refractivity contribution in [2.45, 2.75) is 25.9 Å². The Balaban J connectivity index is 2.39. The highest BCUT2D eigenvalue weighted by Crippen LogP contribution is 2.13. The van der Waals surface area contributed by atoms with Crippen LogP contribution in [0.2, 0.25) is 0 Å². The zero-order valence-electron chi connectivity index (χ0n) is 10.9. The largest absolute Gasteiger partial charge is 0.480 e. The summed E-state index contributed by atoms with van der Waals surface area (Å²) < 4.78 is 1.70. The van der Waals surface area contributed by atoms with Crippen LogP contribution in [0.15, 0.2) is 12.3 Å². The van der Waals surface area contributed by atoms with E-state index in [4.69, 9.17) is 10.8 Å². The molecule has 4 N–H and O–H groups in total. The van der Waals surface area contributed by atoms with E-state index in [1.54, 1.807) is 16.9 Å². The molecular weight excluding hydrogens is 268 g/mol. The molecule has 0 fully saturated rings. The fraction of sp³-hybridized carbons (Fsp3) is 0.545. The van der Waals surface area contributed by atoms with Gasteiger partial charge in [0.05, 0.1) is 11.9 Å². The first-order chi connectivity index (χ1) is 8.91. The number of carbonyl (C=O) groups excluding carboxylic acids is 1. The second kappa shape index (κ2) is 7.15. The van der Waals surface area contributed by atoms with Gasteiger partial charge >= 0.3 is 5.97 Å². The van der Waals surface area contributed by atoms with E-state index in [1.807, 2.05) is 13.8 Å². The first kappa shape index (κ1) is 15.5. The number of aliphatic carboxylic acids is 1. The molecule has 1 atom stereocenters. The van der Waals surface area contributed by atoms with E-state index in [2.05, 4.69) is 10.4 Å². The summed E-state index contributed by atoms with van der Waals surface area (Å²) in [6.45, 7) is 3.92. The van der Waals surface area contributed by atoms with Crippen LogP contribution in [0.25, 0.3) is 0 Å². The van der Waals surface area contributed by atoms with Crippen molar-refractivity contribution in [1.82, 2.24) is 9.78 Å². The second-order valence-corrected chi connectivity index (χ2v) is 5.29. The number of carboxylic acids is 1. The number of nitrogens with two attached hydrogens (primary N) is 1. The number of amides is 1. The van der Waals surface area contributed by atoms with E-state index in [-0.39, 0.29) is 23.5 Å². The molecule has 0 aromatic carbocycles. The fourth-order valence-corrected chi connectivity index (χ4v) is 2.13. The predicted octanol–water partition coefficient (Wildman–Crippen LogP) is 0.548. The number of carbonyl (C=O) groups is 2. The molecule has 1 aromatic heterocycles. The lowest BCUT2D eigenvalue weighted by Gasteiger charge is -2.12. The van der Waals surface area contributed by atoms with Crippen molar-refractivity contribution in [3.05, 3.63) is 12.3 Å². The standard InChI is InChI=1S/C11H18N4O3S/c1-7(2)15-9(3-4-13-15)14-10(16)6-19-5-8(12)11(17)18/h3-4,7-8H,5-6,12H2,1-2H3,(H,14,16)(H,17,18). The molecule has 1 unspecified atom stereocenters. The van der Waals surface area contributed by atoms with Gasteiger partial charge in [-0.1, -0.05) is 0 Å². The normalized spacial score (nSPS) is 12.4. The Morgan fingerprint density at radius 3 is 2.84 bits per heavy atom. The first-order valence-electron chi connectivity index (χ1n) is 5.81. The molecule has 19 heavy (non-hydrogen) atoms. The highest BCUT2D eigenvalue weighted by Gasteiger charge is 2.13. The van der Waals surface area contributed by atoms with E-state index >= 15 is 0 Å². The van der Waals surface area contributed by atoms with Gasteiger partial charge in [-0.05, 0) is 13.8 Å². The van der Waals surface area contributed by atoms with Gasteiger partial charge in [0.2, 0.25) is 5.91 Å². The highest BCUT2D eigenvalue weighted by molar-refractivity contribution is 8.00. The Hall–Kier alpha value is -1.54. The van der Waals surface area contributed by atoms with Crippen LogP contribution in [0.1, 0.15) is 19.9 Å². The molecule has 8 heteroatoms. The van der Waals surface area contributed by atoms with Crippen LogP contribution in [0.5, 0.6) is 0 Å². The average molecular weight is 286 g/mol. The Morgan fingerprint density at radius 2 is 2.26 bits per heavy atom. The van der Waals surface area contributed by atoms with Gasteiger partial charge in [0.1, 0.15) is 11.9 Å². The molecule has 0 aliphatic rings. The lowest BCUT2D eigenvalue weighted by Crippen LogP contribution is -2.33. The minimum Gasteiger partial charge on any atom is -0.480 e. The average Bonchev–Trinajstić information content (AvgIpc) is 2.76. The fourth-order valence-electron chi connectivity index (χ4n) is 1.35. The Bertz CT molecular complexity index is 447. The summed E-state index contributed by atoms with van der Waals surface area (Å²) in [6, 6.07) is 0.920. The van der Waals surface area contributed by atoms with Crippen LogP contribution in [0, 0.1) is 0 Å². The maximum Gasteiger partial charge on any atom is 0.321 e. The molecule has 1 amide bonds. The number of rotatable bonds is 7. The van der Waals surface area contributed by atoms with Crippen molar-refractivity contribution in [2.24, 2.45) is 5.73 Å². The molecular formula is C11H18N4O3S. The van der Waals surface area contributed by atoms with Crippen molar-refractivity contribution in [3.8, 4) is 0 Å². The van der Waals surface area contributed by atoms with Gasteiger partial charge in [-0.25, -0.2) is 4.68 Å². The third-order valence-electron chi connectivity index (χ3n) is 2.27. The molecule has 0 spiro atoms. The van der Waals surface area contributed by atoms with E-state index in [9.17, 15) is 9.59 Å². The number of hydrogen-bond donors (Lipinski definition) is 3. The molecule has 0 aliphatic carbocycles. The molecule has 0 saturated heterocycles. The van der Waals surface area contributed by atoms with Gasteiger partial charge in [0, 0.05) is 17.9 Å². The summed E-state index contributed by atoms with van der Waals surface area (Å²) in [4.78, 5) is 22.2. The third-order valence-corrected chi connectivity index (χ3v) is 3.34. The molecule has 0 saturated carbocycles. The van der Waals surface area contributed by atoms with Crippen LogP contribution in [-0.4, -0.2) is 44.3 Å². The Morgan fingerprint density at radius 1 is 1.58 bits per heavy atom. The molecule has 0 radical (unpaired) electrons. The molecule has 7 nitrogen and oxygen atoms in total. The van der Waals surface area contributed by atoms with E-state index in [1.165, 1.54) is 11.8 Å². The lowest BCUT2D eigenvalue weighted by molar-refractivity contribution is -0.137. The van der Waals surface area contributed by atoms with Gasteiger partial charge in [0.15, 0.2) is 0 Å². The smallest absolute Gasteiger partial charge is 0.321 e. The summed E-state index contributed by atoms with van der Waals surface area (Å²) in [5, 5.41) is 15.4. The summed E-state index contributed by atoms with van der Waals surface area (Å²) in [7, 11) is 0. The Labute approximate surface area is 115 Å². The third kappa shape index (κ3) is 4.92. The Kier molecular flexibility index (Phi) is 5.84. The van der Waals surface area contributed by atoms with Crippen molar-refractivity contribution < 1.29 is 14.7 Å². The van der Waals surface area contributed by atoms with Gasteiger partial charge in [0.25, 0.3) is 0 Å². The quantitative estimate of drug-likeness (QED) is 0.675. The van der Waals surface area contributed by atoms with Crippen molar-refractivity contribution in [2.75, 3.05) is 16.8 Å². The SMILES string of the molecule is CC(C)n1nccc1NC(=O)CSCC(N)C(=O)O. The maximum atomic E-state index is 11.7. The predicted molar refractivity (Wildman–Crippen MR) is 74.2 cm³/mol. The highest BCUT2D eigenvalue weighted by atomic mass is 32.2. The van der Waals surface area contributed by atoms with Gasteiger partial charge in [-0.3, -0.25) is 9.59 Å². The molecule has 0 aliphatic heterocycles. The number of carboxylic acid groups (broad SMARTS) is 1. The lowest BCUT2D eigenvalue weighted by atomic mass is 10.4. The number of aromatic nitrogens is 2. The van der Waals surface area contributed by atoms with E-state index < -0.39 is 12.0 Å². The molecule has 1 rings (SSSR count). The first-order valence-corrected chi connectivity index (χ1v) is 6.96. The number of nitrogens with zero attached hydrogens (tertiary/aromatic N) is 2. The molecule has 1 aromatic rings. The topological polar surface area (TPSA) is 110 Å². The summed E-state index contributed by atoms with van der Waals surface area (Å²) in [5.41, 5.74) is 5.34. The minimum atomic E-state index is -1.06. The summed E-state index contributed by atoms with van der Waals surface area (Å²) in [5.74, 6) is -0.282. The zero-order chi connectivity index (χ0) is 14.4. The number of hydrogen-bond acceptors (Lipinski definition) is 5. The molecule has 1 heterocycles. The van der Waals surface area contributed by atoms with E-state index in [0.29, 0.717) is 5.82 Å². The van der Waals surface area contributed by atoms with Gasteiger partial charge in [-0.15, -0.1) is 11.8 Å². The van der Waals surface area contributed by atoms with Crippen molar-refractivity contribution >= 4 is 29.5 Å². The molecule has 0 bridgehead atoms. The van der Waals surface area contributed by atoms with E-state index in [0.717, 1.165) is 0 Å². The summed E-state index contributed by atoms with van der Waals surface area (Å²) in [6.07, 6.45) is 1.61. The maximum absolute atomic E-state index is 11.7.